The molecule has 22 heavy (non-hydrogen) atoms. The van der Waals surface area contributed by atoms with E-state index in [4.69, 9.17) is 0 Å². The zero-order chi connectivity index (χ0) is 17.1. The first-order valence-corrected chi connectivity index (χ1v) is 9.13. The van der Waals surface area contributed by atoms with Gasteiger partial charge in [-0.3, -0.25) is 0 Å². The van der Waals surface area contributed by atoms with Crippen molar-refractivity contribution in [2.45, 2.75) is 98.8 Å². The van der Waals surface area contributed by atoms with Gasteiger partial charge in [0.15, 0.2) is 0 Å². The first kappa shape index (κ1) is 19.3. The molecule has 0 aliphatic carbocycles. The van der Waals surface area contributed by atoms with Crippen LogP contribution in [0.5, 0.6) is 0 Å². The lowest BCUT2D eigenvalue weighted by Gasteiger charge is -2.37. The molecule has 0 heterocycles. The Morgan fingerprint density at radius 3 is 1.86 bits per heavy atom. The average Bonchev–Trinajstić information content (AvgIpc) is 2.36. The Morgan fingerprint density at radius 2 is 1.45 bits per heavy atom. The molecule has 126 valence electrons. The van der Waals surface area contributed by atoms with Gasteiger partial charge in [-0.05, 0) is 45.8 Å². The number of unbranched alkanes of at least 4 members (excludes halogenated alkanes) is 1. The van der Waals surface area contributed by atoms with E-state index in [0.29, 0.717) is 17.3 Å². The van der Waals surface area contributed by atoms with E-state index in [-0.39, 0.29) is 5.41 Å². The lowest BCUT2D eigenvalue weighted by Crippen LogP contribution is -2.25. The zero-order valence-electron chi connectivity index (χ0n) is 16.5. The summed E-state index contributed by atoms with van der Waals surface area (Å²) in [5, 5.41) is 0. The standard InChI is InChI=1S/C22H38/c1-10-11-15-19(21(4,5)6)18-14-12-13-17(16(2)3)20(18)22(7,8)9/h12-14,16,19H,10-11,15H2,1-9H3. The van der Waals surface area contributed by atoms with Gasteiger partial charge >= 0.3 is 0 Å². The summed E-state index contributed by atoms with van der Waals surface area (Å²) in [5.74, 6) is 1.22. The first-order chi connectivity index (χ1) is 10.00. The van der Waals surface area contributed by atoms with Crippen LogP contribution in [0, 0.1) is 5.41 Å². The van der Waals surface area contributed by atoms with Crippen LogP contribution in [0.15, 0.2) is 18.2 Å². The minimum absolute atomic E-state index is 0.200. The fourth-order valence-corrected chi connectivity index (χ4v) is 3.69. The van der Waals surface area contributed by atoms with E-state index < -0.39 is 0 Å². The molecule has 1 atom stereocenters. The van der Waals surface area contributed by atoms with Gasteiger partial charge in [-0.25, -0.2) is 0 Å². The van der Waals surface area contributed by atoms with Crippen LogP contribution < -0.4 is 0 Å². The van der Waals surface area contributed by atoms with Gasteiger partial charge in [0.05, 0.1) is 0 Å². The van der Waals surface area contributed by atoms with Crippen molar-refractivity contribution in [2.24, 2.45) is 5.41 Å². The summed E-state index contributed by atoms with van der Waals surface area (Å²) in [6.45, 7) is 21.3. The quantitative estimate of drug-likeness (QED) is 0.530. The van der Waals surface area contributed by atoms with Crippen LogP contribution in [-0.2, 0) is 5.41 Å². The van der Waals surface area contributed by atoms with Gasteiger partial charge in [0.2, 0.25) is 0 Å². The van der Waals surface area contributed by atoms with Gasteiger partial charge in [0.25, 0.3) is 0 Å². The van der Waals surface area contributed by atoms with Gasteiger partial charge in [-0.1, -0.05) is 93.4 Å². The van der Waals surface area contributed by atoms with Crippen molar-refractivity contribution in [1.82, 2.24) is 0 Å². The summed E-state index contributed by atoms with van der Waals surface area (Å²) in [4.78, 5) is 0. The van der Waals surface area contributed by atoms with Gasteiger partial charge in [0, 0.05) is 0 Å². The Labute approximate surface area is 139 Å². The maximum absolute atomic E-state index is 2.40. The van der Waals surface area contributed by atoms with Crippen LogP contribution in [0.4, 0.5) is 0 Å². The van der Waals surface area contributed by atoms with Crippen LogP contribution >= 0.6 is 0 Å². The predicted molar refractivity (Wildman–Crippen MR) is 101 cm³/mol. The third-order valence-corrected chi connectivity index (χ3v) is 4.77. The van der Waals surface area contributed by atoms with Crippen molar-refractivity contribution >= 4 is 0 Å². The van der Waals surface area contributed by atoms with E-state index in [0.717, 1.165) is 0 Å². The molecule has 0 bridgehead atoms. The molecule has 0 saturated carbocycles. The SMILES string of the molecule is CCCCC(c1cccc(C(C)C)c1C(C)(C)C)C(C)(C)C. The highest BCUT2D eigenvalue weighted by Gasteiger charge is 2.32. The highest BCUT2D eigenvalue weighted by atomic mass is 14.4. The number of hydrogen-bond donors (Lipinski definition) is 0. The summed E-state index contributed by atoms with van der Waals surface area (Å²) in [6.07, 6.45) is 3.89. The maximum atomic E-state index is 2.40. The van der Waals surface area contributed by atoms with Gasteiger partial charge in [-0.2, -0.15) is 0 Å². The van der Waals surface area contributed by atoms with Gasteiger partial charge in [-0.15, -0.1) is 0 Å². The van der Waals surface area contributed by atoms with Crippen molar-refractivity contribution in [3.8, 4) is 0 Å². The van der Waals surface area contributed by atoms with Crippen LogP contribution in [0.1, 0.15) is 110 Å². The molecule has 0 fully saturated rings. The van der Waals surface area contributed by atoms with E-state index in [2.05, 4.69) is 80.5 Å². The Morgan fingerprint density at radius 1 is 0.909 bits per heavy atom. The monoisotopic (exact) mass is 302 g/mol. The van der Waals surface area contributed by atoms with Gasteiger partial charge in [0.1, 0.15) is 0 Å². The minimum Gasteiger partial charge on any atom is -0.0654 e. The number of benzene rings is 1. The second kappa shape index (κ2) is 7.20. The predicted octanol–water partition coefficient (Wildman–Crippen LogP) is 7.43. The molecule has 0 aliphatic rings. The summed E-state index contributed by atoms with van der Waals surface area (Å²) < 4.78 is 0. The summed E-state index contributed by atoms with van der Waals surface area (Å²) in [7, 11) is 0. The minimum atomic E-state index is 0.200. The Hall–Kier alpha value is -0.780. The van der Waals surface area contributed by atoms with Gasteiger partial charge < -0.3 is 0 Å². The number of rotatable bonds is 5. The van der Waals surface area contributed by atoms with E-state index in [1.54, 1.807) is 11.1 Å². The van der Waals surface area contributed by atoms with E-state index in [1.807, 2.05) is 0 Å². The van der Waals surface area contributed by atoms with E-state index >= 15 is 0 Å². The van der Waals surface area contributed by atoms with Crippen LogP contribution in [0.2, 0.25) is 0 Å². The molecule has 0 heteroatoms. The molecule has 1 unspecified atom stereocenters. The van der Waals surface area contributed by atoms with Crippen molar-refractivity contribution in [2.75, 3.05) is 0 Å². The molecule has 0 spiro atoms. The Bertz CT molecular complexity index is 466. The second-order valence-electron chi connectivity index (χ2n) is 9.28. The molecule has 1 aromatic rings. The molecule has 1 aromatic carbocycles. The normalized spacial score (nSPS) is 14.5. The molecular formula is C22H38. The smallest absolute Gasteiger partial charge is 0.0110 e. The maximum Gasteiger partial charge on any atom is -0.0110 e. The highest BCUT2D eigenvalue weighted by molar-refractivity contribution is 5.44. The highest BCUT2D eigenvalue weighted by Crippen LogP contribution is 2.45. The molecule has 0 aromatic heterocycles. The van der Waals surface area contributed by atoms with Crippen LogP contribution in [-0.4, -0.2) is 0 Å². The topological polar surface area (TPSA) is 0 Å². The second-order valence-corrected chi connectivity index (χ2v) is 9.28. The number of hydrogen-bond acceptors (Lipinski definition) is 0. The lowest BCUT2D eigenvalue weighted by atomic mass is 9.67. The average molecular weight is 303 g/mol. The molecule has 0 amide bonds. The molecular weight excluding hydrogens is 264 g/mol. The third-order valence-electron chi connectivity index (χ3n) is 4.77. The van der Waals surface area contributed by atoms with Crippen LogP contribution in [0.25, 0.3) is 0 Å². The molecule has 0 saturated heterocycles. The zero-order valence-corrected chi connectivity index (χ0v) is 16.5. The molecule has 0 radical (unpaired) electrons. The Balaban J connectivity index is 3.52. The largest absolute Gasteiger partial charge is 0.0654 e. The summed E-state index contributed by atoms with van der Waals surface area (Å²) in [6, 6.07) is 7.02. The van der Waals surface area contributed by atoms with Crippen molar-refractivity contribution in [3.05, 3.63) is 34.9 Å². The Kier molecular flexibility index (Phi) is 6.30. The fraction of sp³-hybridized carbons (Fsp3) is 0.727. The third kappa shape index (κ3) is 4.61. The van der Waals surface area contributed by atoms with Crippen molar-refractivity contribution < 1.29 is 0 Å². The van der Waals surface area contributed by atoms with Crippen molar-refractivity contribution in [3.63, 3.8) is 0 Å². The summed E-state index contributed by atoms with van der Waals surface area (Å²) in [5.41, 5.74) is 5.24. The van der Waals surface area contributed by atoms with Crippen LogP contribution in [0.3, 0.4) is 0 Å². The van der Waals surface area contributed by atoms with E-state index in [9.17, 15) is 0 Å². The molecule has 0 nitrogen and oxygen atoms in total. The van der Waals surface area contributed by atoms with E-state index in [1.165, 1.54) is 24.8 Å². The molecule has 1 rings (SSSR count). The summed E-state index contributed by atoms with van der Waals surface area (Å²) >= 11 is 0. The molecule has 0 aliphatic heterocycles. The molecule has 0 N–H and O–H groups in total. The van der Waals surface area contributed by atoms with Crippen molar-refractivity contribution in [1.29, 1.82) is 0 Å². The lowest BCUT2D eigenvalue weighted by molar-refractivity contribution is 0.295. The fourth-order valence-electron chi connectivity index (χ4n) is 3.69. The first-order valence-electron chi connectivity index (χ1n) is 9.13.